The molecule has 2 atom stereocenters. The van der Waals surface area contributed by atoms with Crippen LogP contribution in [0.5, 0.6) is 0 Å². The number of benzene rings is 1. The van der Waals surface area contributed by atoms with Gasteiger partial charge in [-0.3, -0.25) is 4.79 Å². The molecule has 0 spiro atoms. The Kier molecular flexibility index (Phi) is 4.78. The van der Waals surface area contributed by atoms with Crippen molar-refractivity contribution in [1.82, 2.24) is 4.90 Å². The quantitative estimate of drug-likeness (QED) is 0.926. The van der Waals surface area contributed by atoms with Crippen LogP contribution < -0.4 is 0 Å². The van der Waals surface area contributed by atoms with Crippen molar-refractivity contribution in [3.05, 3.63) is 34.9 Å². The number of hydrogen-bond acceptors (Lipinski definition) is 2. The Hall–Kier alpha value is -1.27. The zero-order chi connectivity index (χ0) is 15.6. The fourth-order valence-corrected chi connectivity index (χ4v) is 2.71. The lowest BCUT2D eigenvalue weighted by Gasteiger charge is -2.18. The second-order valence-electron chi connectivity index (χ2n) is 5.23. The van der Waals surface area contributed by atoms with E-state index in [1.54, 1.807) is 17.0 Å². The second-order valence-corrected chi connectivity index (χ2v) is 5.67. The number of alkyl halides is 3. The van der Waals surface area contributed by atoms with Gasteiger partial charge in [0.2, 0.25) is 0 Å². The first-order chi connectivity index (χ1) is 9.77. The molecule has 1 fully saturated rings. The van der Waals surface area contributed by atoms with E-state index in [0.717, 1.165) is 5.56 Å². The first kappa shape index (κ1) is 16.1. The molecule has 116 valence electrons. The van der Waals surface area contributed by atoms with Gasteiger partial charge >= 0.3 is 12.1 Å². The highest BCUT2D eigenvalue weighted by atomic mass is 35.5. The molecule has 0 radical (unpaired) electrons. The average Bonchev–Trinajstić information content (AvgIpc) is 2.82. The second kappa shape index (κ2) is 6.23. The SMILES string of the molecule is O=C(O)[C@@H]1CN(CCc2ccc(Cl)cc2)C[C@H]1C(F)(F)F. The van der Waals surface area contributed by atoms with Crippen molar-refractivity contribution in [3.8, 4) is 0 Å². The predicted molar refractivity (Wildman–Crippen MR) is 72.3 cm³/mol. The highest BCUT2D eigenvalue weighted by Crippen LogP contribution is 2.37. The molecule has 1 aromatic rings. The summed E-state index contributed by atoms with van der Waals surface area (Å²) >= 11 is 5.76. The van der Waals surface area contributed by atoms with E-state index in [9.17, 15) is 18.0 Å². The van der Waals surface area contributed by atoms with Crippen LogP contribution in [0.4, 0.5) is 13.2 Å². The van der Waals surface area contributed by atoms with E-state index < -0.39 is 24.0 Å². The molecule has 0 amide bonds. The van der Waals surface area contributed by atoms with Crippen LogP contribution in [0.1, 0.15) is 5.56 Å². The van der Waals surface area contributed by atoms with Crippen molar-refractivity contribution in [2.45, 2.75) is 12.6 Å². The van der Waals surface area contributed by atoms with Crippen molar-refractivity contribution in [2.75, 3.05) is 19.6 Å². The largest absolute Gasteiger partial charge is 0.481 e. The zero-order valence-corrected chi connectivity index (χ0v) is 11.9. The summed E-state index contributed by atoms with van der Waals surface area (Å²) in [4.78, 5) is 12.5. The molecule has 0 aromatic heterocycles. The number of nitrogens with zero attached hydrogens (tertiary/aromatic N) is 1. The summed E-state index contributed by atoms with van der Waals surface area (Å²) in [5.74, 6) is -4.55. The Labute approximate surface area is 125 Å². The lowest BCUT2D eigenvalue weighted by Crippen LogP contribution is -2.33. The normalized spacial score (nSPS) is 23.4. The summed E-state index contributed by atoms with van der Waals surface area (Å²) < 4.78 is 38.5. The molecule has 1 aliphatic rings. The number of hydrogen-bond donors (Lipinski definition) is 1. The number of carboxylic acid groups (broad SMARTS) is 1. The van der Waals surface area contributed by atoms with Crippen molar-refractivity contribution in [1.29, 1.82) is 0 Å². The van der Waals surface area contributed by atoms with Crippen LogP contribution in [0.25, 0.3) is 0 Å². The fraction of sp³-hybridized carbons (Fsp3) is 0.500. The van der Waals surface area contributed by atoms with Crippen LogP contribution >= 0.6 is 11.6 Å². The van der Waals surface area contributed by atoms with Crippen molar-refractivity contribution in [3.63, 3.8) is 0 Å². The van der Waals surface area contributed by atoms with Gasteiger partial charge in [0, 0.05) is 24.7 Å². The summed E-state index contributed by atoms with van der Waals surface area (Å²) in [6, 6.07) is 7.07. The van der Waals surface area contributed by atoms with Gasteiger partial charge in [-0.2, -0.15) is 13.2 Å². The van der Waals surface area contributed by atoms with Gasteiger partial charge in [0.1, 0.15) is 0 Å². The van der Waals surface area contributed by atoms with E-state index in [2.05, 4.69) is 0 Å². The Morgan fingerprint density at radius 1 is 1.29 bits per heavy atom. The van der Waals surface area contributed by atoms with Crippen LogP contribution in [0.3, 0.4) is 0 Å². The molecule has 1 aromatic carbocycles. The van der Waals surface area contributed by atoms with E-state index in [0.29, 0.717) is 18.0 Å². The first-order valence-electron chi connectivity index (χ1n) is 6.53. The Morgan fingerprint density at radius 2 is 1.90 bits per heavy atom. The third-order valence-corrected chi connectivity index (χ3v) is 4.02. The minimum absolute atomic E-state index is 0.0624. The molecule has 1 saturated heterocycles. The monoisotopic (exact) mass is 321 g/mol. The third kappa shape index (κ3) is 4.11. The molecule has 0 aliphatic carbocycles. The lowest BCUT2D eigenvalue weighted by molar-refractivity contribution is -0.188. The van der Waals surface area contributed by atoms with E-state index in [-0.39, 0.29) is 13.1 Å². The molecule has 1 N–H and O–H groups in total. The van der Waals surface area contributed by atoms with Crippen molar-refractivity contribution in [2.24, 2.45) is 11.8 Å². The minimum Gasteiger partial charge on any atom is -0.481 e. The van der Waals surface area contributed by atoms with Crippen LogP contribution in [-0.2, 0) is 11.2 Å². The third-order valence-electron chi connectivity index (χ3n) is 3.76. The van der Waals surface area contributed by atoms with Crippen LogP contribution in [-0.4, -0.2) is 41.8 Å². The maximum atomic E-state index is 12.8. The molecule has 0 saturated carbocycles. The molecule has 3 nitrogen and oxygen atoms in total. The van der Waals surface area contributed by atoms with Crippen LogP contribution in [0, 0.1) is 11.8 Å². The molecule has 0 bridgehead atoms. The number of halogens is 4. The highest BCUT2D eigenvalue weighted by molar-refractivity contribution is 6.30. The lowest BCUT2D eigenvalue weighted by atomic mass is 9.96. The molecule has 2 rings (SSSR count). The first-order valence-corrected chi connectivity index (χ1v) is 6.91. The van der Waals surface area contributed by atoms with Gasteiger partial charge in [-0.15, -0.1) is 0 Å². The molecule has 7 heteroatoms. The maximum absolute atomic E-state index is 12.8. The van der Waals surface area contributed by atoms with E-state index in [4.69, 9.17) is 16.7 Å². The number of carboxylic acids is 1. The summed E-state index contributed by atoms with van der Waals surface area (Å²) in [6.07, 6.45) is -3.91. The van der Waals surface area contributed by atoms with Crippen molar-refractivity contribution < 1.29 is 23.1 Å². The smallest absolute Gasteiger partial charge is 0.393 e. The molecular weight excluding hydrogens is 307 g/mol. The minimum atomic E-state index is -4.47. The van der Waals surface area contributed by atoms with Crippen LogP contribution in [0.2, 0.25) is 5.02 Å². The number of carbonyl (C=O) groups is 1. The maximum Gasteiger partial charge on any atom is 0.393 e. The number of likely N-dealkylation sites (tertiary alicyclic amines) is 1. The number of rotatable bonds is 4. The van der Waals surface area contributed by atoms with Gasteiger partial charge in [-0.25, -0.2) is 0 Å². The average molecular weight is 322 g/mol. The van der Waals surface area contributed by atoms with E-state index in [1.807, 2.05) is 12.1 Å². The van der Waals surface area contributed by atoms with Gasteiger partial charge in [-0.1, -0.05) is 23.7 Å². The molecule has 1 aliphatic heterocycles. The fourth-order valence-electron chi connectivity index (χ4n) is 2.59. The zero-order valence-electron chi connectivity index (χ0n) is 11.1. The van der Waals surface area contributed by atoms with Gasteiger partial charge in [0.15, 0.2) is 0 Å². The summed E-state index contributed by atoms with van der Waals surface area (Å²) in [5, 5.41) is 9.54. The Balaban J connectivity index is 1.96. The molecule has 21 heavy (non-hydrogen) atoms. The topological polar surface area (TPSA) is 40.5 Å². The predicted octanol–water partition coefficient (Wildman–Crippen LogP) is 3.08. The van der Waals surface area contributed by atoms with Gasteiger partial charge in [0.25, 0.3) is 0 Å². The van der Waals surface area contributed by atoms with Crippen LogP contribution in [0.15, 0.2) is 24.3 Å². The summed E-state index contributed by atoms with van der Waals surface area (Å²) in [6.45, 7) is 0.0825. The standard InChI is InChI=1S/C14H15ClF3NO2/c15-10-3-1-9(2-4-10)5-6-19-7-11(13(20)21)12(8-19)14(16,17)18/h1-4,11-12H,5-8H2,(H,20,21)/t11-,12-/m1/s1. The molecule has 1 heterocycles. The van der Waals surface area contributed by atoms with Gasteiger partial charge in [-0.05, 0) is 24.1 Å². The Bertz CT molecular complexity index is 504. The summed E-state index contributed by atoms with van der Waals surface area (Å²) in [7, 11) is 0. The highest BCUT2D eigenvalue weighted by Gasteiger charge is 2.52. The van der Waals surface area contributed by atoms with Gasteiger partial charge < -0.3 is 10.0 Å². The van der Waals surface area contributed by atoms with E-state index in [1.165, 1.54) is 0 Å². The summed E-state index contributed by atoms with van der Waals surface area (Å²) in [5.41, 5.74) is 0.960. The van der Waals surface area contributed by atoms with E-state index >= 15 is 0 Å². The Morgan fingerprint density at radius 3 is 2.38 bits per heavy atom. The molecule has 0 unspecified atom stereocenters. The van der Waals surface area contributed by atoms with Gasteiger partial charge in [0.05, 0.1) is 11.8 Å². The number of aliphatic carboxylic acids is 1. The molecular formula is C14H15ClF3NO2. The van der Waals surface area contributed by atoms with Crippen molar-refractivity contribution >= 4 is 17.6 Å².